The Morgan fingerprint density at radius 3 is 2.53 bits per heavy atom. The van der Waals surface area contributed by atoms with Gasteiger partial charge >= 0.3 is 0 Å². The smallest absolute Gasteiger partial charge is 0.246 e. The molecule has 2 N–H and O–H groups in total. The van der Waals surface area contributed by atoms with E-state index in [9.17, 15) is 23.2 Å². The molecule has 1 aliphatic rings. The van der Waals surface area contributed by atoms with Gasteiger partial charge in [0.2, 0.25) is 11.8 Å². The fraction of sp³-hybridized carbons (Fsp3) is 0.320. The maximum Gasteiger partial charge on any atom is 0.246 e. The molecule has 2 aromatic heterocycles. The molecular weight excluding hydrogens is 502 g/mol. The van der Waals surface area contributed by atoms with E-state index < -0.39 is 26.9 Å². The average Bonchev–Trinajstić information content (AvgIpc) is 3.53. The van der Waals surface area contributed by atoms with Gasteiger partial charge < -0.3 is 9.32 Å². The summed E-state index contributed by atoms with van der Waals surface area (Å²) >= 11 is 1.29. The number of nitrogens with zero attached hydrogens (tertiary/aromatic N) is 2. The van der Waals surface area contributed by atoms with Gasteiger partial charge in [-0.15, -0.1) is 11.3 Å². The lowest BCUT2D eigenvalue weighted by Crippen LogP contribution is -2.41. The number of hydroxylamine groups is 1. The van der Waals surface area contributed by atoms with E-state index in [1.807, 2.05) is 30.3 Å². The molecule has 0 bridgehead atoms. The van der Waals surface area contributed by atoms with E-state index in [0.29, 0.717) is 10.6 Å². The summed E-state index contributed by atoms with van der Waals surface area (Å²) in [6, 6.07) is 11.1. The van der Waals surface area contributed by atoms with Crippen molar-refractivity contribution in [3.05, 3.63) is 65.5 Å². The Morgan fingerprint density at radius 2 is 1.89 bits per heavy atom. The monoisotopic (exact) mass is 529 g/mol. The molecule has 3 aromatic rings. The van der Waals surface area contributed by atoms with Gasteiger partial charge in [-0.3, -0.25) is 14.8 Å². The third-order valence-electron chi connectivity index (χ3n) is 6.25. The number of allylic oxidation sites excluding steroid dienone is 1. The number of thiophene rings is 1. The first-order valence-electron chi connectivity index (χ1n) is 11.3. The van der Waals surface area contributed by atoms with E-state index in [1.54, 1.807) is 31.6 Å². The van der Waals surface area contributed by atoms with E-state index in [0.717, 1.165) is 21.6 Å². The molecule has 3 heterocycles. The number of rotatable bonds is 6. The molecule has 11 heteroatoms. The molecule has 1 aromatic carbocycles. The van der Waals surface area contributed by atoms with Gasteiger partial charge in [0.05, 0.1) is 18.4 Å². The Kier molecular flexibility index (Phi) is 7.43. The predicted molar refractivity (Wildman–Crippen MR) is 136 cm³/mol. The van der Waals surface area contributed by atoms with Crippen molar-refractivity contribution in [1.82, 2.24) is 15.4 Å². The number of nitrogens with one attached hydrogen (secondary N) is 1. The zero-order valence-electron chi connectivity index (χ0n) is 19.9. The van der Waals surface area contributed by atoms with Crippen LogP contribution in [0.5, 0.6) is 0 Å². The van der Waals surface area contributed by atoms with Gasteiger partial charge in [-0.25, -0.2) is 18.9 Å². The van der Waals surface area contributed by atoms with Crippen molar-refractivity contribution < 1.29 is 27.6 Å². The van der Waals surface area contributed by atoms with Crippen LogP contribution in [0, 0.1) is 0 Å². The van der Waals surface area contributed by atoms with Crippen molar-refractivity contribution in [2.75, 3.05) is 18.8 Å². The minimum Gasteiger partial charge on any atom is -0.444 e. The Hall–Kier alpha value is -3.28. The van der Waals surface area contributed by atoms with Crippen molar-refractivity contribution >= 4 is 33.0 Å². The number of aromatic nitrogens is 1. The second-order valence-corrected chi connectivity index (χ2v) is 12.4. The molecule has 4 rings (SSSR count). The van der Waals surface area contributed by atoms with E-state index >= 15 is 0 Å². The highest BCUT2D eigenvalue weighted by Gasteiger charge is 2.49. The first-order chi connectivity index (χ1) is 17.1. The third-order valence-corrected chi connectivity index (χ3v) is 10.2. The molecule has 1 fully saturated rings. The van der Waals surface area contributed by atoms with E-state index in [2.05, 4.69) is 4.98 Å². The van der Waals surface area contributed by atoms with Crippen molar-refractivity contribution in [1.29, 1.82) is 0 Å². The maximum atomic E-state index is 13.7. The number of benzene rings is 1. The summed E-state index contributed by atoms with van der Waals surface area (Å²) in [4.78, 5) is 31.7. The van der Waals surface area contributed by atoms with Crippen LogP contribution in [0.1, 0.15) is 31.6 Å². The molecule has 190 valence electrons. The highest BCUT2D eigenvalue weighted by atomic mass is 32.2. The second kappa shape index (κ2) is 10.4. The van der Waals surface area contributed by atoms with Crippen LogP contribution in [0.2, 0.25) is 0 Å². The van der Waals surface area contributed by atoms with Gasteiger partial charge in [0.1, 0.15) is 4.75 Å². The van der Waals surface area contributed by atoms with Gasteiger partial charge in [0, 0.05) is 34.5 Å². The Bertz CT molecular complexity index is 1370. The summed E-state index contributed by atoms with van der Waals surface area (Å²) in [5.41, 5.74) is 4.13. The van der Waals surface area contributed by atoms with Crippen LogP contribution in [0.3, 0.4) is 0 Å². The van der Waals surface area contributed by atoms with Crippen LogP contribution >= 0.6 is 11.3 Å². The molecule has 1 atom stereocenters. The number of sulfone groups is 1. The Balaban J connectivity index is 1.70. The van der Waals surface area contributed by atoms with E-state index in [1.165, 1.54) is 28.7 Å². The van der Waals surface area contributed by atoms with Crippen LogP contribution in [0.15, 0.2) is 65.1 Å². The zero-order chi connectivity index (χ0) is 25.9. The Morgan fingerprint density at radius 1 is 1.17 bits per heavy atom. The van der Waals surface area contributed by atoms with Crippen molar-refractivity contribution in [2.24, 2.45) is 0 Å². The van der Waals surface area contributed by atoms with Gasteiger partial charge in [-0.2, -0.15) is 0 Å². The molecular formula is C25H27N3O6S2. The summed E-state index contributed by atoms with van der Waals surface area (Å²) in [6.07, 6.45) is 4.05. The van der Waals surface area contributed by atoms with Crippen LogP contribution in [-0.4, -0.2) is 54.2 Å². The van der Waals surface area contributed by atoms with Gasteiger partial charge in [0.15, 0.2) is 22.0 Å². The van der Waals surface area contributed by atoms with Crippen molar-refractivity contribution in [2.45, 2.75) is 31.4 Å². The molecule has 0 radical (unpaired) electrons. The lowest BCUT2D eigenvalue weighted by molar-refractivity contribution is -0.129. The minimum atomic E-state index is -3.88. The fourth-order valence-electron chi connectivity index (χ4n) is 4.32. The fourth-order valence-corrected chi connectivity index (χ4v) is 7.93. The van der Waals surface area contributed by atoms with Crippen LogP contribution in [-0.2, 0) is 24.2 Å². The summed E-state index contributed by atoms with van der Waals surface area (Å²) in [7, 11) is -3.88. The quantitative estimate of drug-likeness (QED) is 0.282. The number of carbonyl (C=O) groups is 2. The number of carbonyl (C=O) groups excluding carboxylic acids is 2. The number of hydrogen-bond acceptors (Lipinski definition) is 8. The summed E-state index contributed by atoms with van der Waals surface area (Å²) in [6.45, 7) is 3.80. The summed E-state index contributed by atoms with van der Waals surface area (Å²) < 4.78 is 31.1. The molecule has 1 aliphatic heterocycles. The number of amides is 2. The van der Waals surface area contributed by atoms with E-state index in [-0.39, 0.29) is 31.2 Å². The molecule has 2 amide bonds. The molecule has 1 saturated heterocycles. The standard InChI is InChI=1S/C25H27N3O6S2/c1-17(2)13-24(30)28-10-9-25(14-23(29)27-31,36(32,33)12-11-28)22-8-7-21(35-22)19-5-3-18(4-6-19)20-15-26-16-34-20/h3-8,13,15-16,31H,9-12,14H2,1-2H3,(H,27,29)/t25-/m0/s1. The average molecular weight is 530 g/mol. The van der Waals surface area contributed by atoms with Gasteiger partial charge in [-0.1, -0.05) is 29.8 Å². The van der Waals surface area contributed by atoms with Gasteiger partial charge in [0.25, 0.3) is 0 Å². The van der Waals surface area contributed by atoms with Crippen LogP contribution in [0.4, 0.5) is 0 Å². The minimum absolute atomic E-state index is 0.0365. The molecule has 0 aliphatic carbocycles. The van der Waals surface area contributed by atoms with Crippen molar-refractivity contribution in [3.8, 4) is 21.8 Å². The first-order valence-corrected chi connectivity index (χ1v) is 13.8. The van der Waals surface area contributed by atoms with Crippen LogP contribution < -0.4 is 5.48 Å². The Labute approximate surface area is 213 Å². The molecule has 36 heavy (non-hydrogen) atoms. The number of oxazole rings is 1. The molecule has 0 spiro atoms. The van der Waals surface area contributed by atoms with Gasteiger partial charge in [-0.05, 0) is 38.0 Å². The lowest BCUT2D eigenvalue weighted by atomic mass is 9.97. The predicted octanol–water partition coefficient (Wildman–Crippen LogP) is 3.77. The summed E-state index contributed by atoms with van der Waals surface area (Å²) in [5, 5.41) is 9.22. The van der Waals surface area contributed by atoms with Crippen molar-refractivity contribution in [3.63, 3.8) is 0 Å². The SMILES string of the molecule is CC(C)=CC(=O)N1CC[C@](CC(=O)NO)(c2ccc(-c3ccc(-c4cnco4)cc3)s2)S(=O)(=O)CC1. The first kappa shape index (κ1) is 25.8. The second-order valence-electron chi connectivity index (χ2n) is 8.93. The maximum absolute atomic E-state index is 13.7. The topological polar surface area (TPSA) is 130 Å². The molecule has 9 nitrogen and oxygen atoms in total. The zero-order valence-corrected chi connectivity index (χ0v) is 21.6. The molecule has 0 unspecified atom stereocenters. The highest BCUT2D eigenvalue weighted by molar-refractivity contribution is 7.92. The molecule has 0 saturated carbocycles. The largest absolute Gasteiger partial charge is 0.444 e. The highest BCUT2D eigenvalue weighted by Crippen LogP contribution is 2.45. The lowest BCUT2D eigenvalue weighted by Gasteiger charge is -2.30. The summed E-state index contributed by atoms with van der Waals surface area (Å²) in [5.74, 6) is -0.702. The van der Waals surface area contributed by atoms with E-state index in [4.69, 9.17) is 4.42 Å². The number of hydrogen-bond donors (Lipinski definition) is 2. The third kappa shape index (κ3) is 5.13. The van der Waals surface area contributed by atoms with Crippen LogP contribution in [0.25, 0.3) is 21.8 Å². The normalized spacial score (nSPS) is 19.4.